The van der Waals surface area contributed by atoms with Crippen molar-refractivity contribution in [1.29, 1.82) is 0 Å². The molecule has 1 aliphatic heterocycles. The number of aryl methyl sites for hydroxylation is 1. The molecule has 0 radical (unpaired) electrons. The quantitative estimate of drug-likeness (QED) is 0.711. The summed E-state index contributed by atoms with van der Waals surface area (Å²) in [5.74, 6) is 1.44. The summed E-state index contributed by atoms with van der Waals surface area (Å²) in [7, 11) is 0. The lowest BCUT2D eigenvalue weighted by atomic mass is 9.92. The van der Waals surface area contributed by atoms with E-state index in [1.165, 1.54) is 0 Å². The molecule has 172 valence electrons. The summed E-state index contributed by atoms with van der Waals surface area (Å²) in [6, 6.07) is 9.99. The van der Waals surface area contributed by atoms with Crippen LogP contribution in [0.25, 0.3) is 0 Å². The van der Waals surface area contributed by atoms with Crippen molar-refractivity contribution in [3.8, 4) is 5.75 Å². The Morgan fingerprint density at radius 3 is 2.66 bits per heavy atom. The van der Waals surface area contributed by atoms with E-state index in [2.05, 4.69) is 42.0 Å². The molecule has 1 N–H and O–H groups in total. The number of carbonyl (C=O) groups is 1. The van der Waals surface area contributed by atoms with Gasteiger partial charge < -0.3 is 19.7 Å². The van der Waals surface area contributed by atoms with Crippen LogP contribution in [-0.2, 0) is 4.74 Å². The summed E-state index contributed by atoms with van der Waals surface area (Å²) in [4.78, 5) is 19.8. The van der Waals surface area contributed by atoms with Crippen molar-refractivity contribution in [2.24, 2.45) is 5.41 Å². The second-order valence-corrected chi connectivity index (χ2v) is 10.2. The second-order valence-electron chi connectivity index (χ2n) is 10.2. The van der Waals surface area contributed by atoms with Gasteiger partial charge in [-0.3, -0.25) is 4.79 Å². The monoisotopic (exact) mass is 437 g/mol. The van der Waals surface area contributed by atoms with Crippen molar-refractivity contribution < 1.29 is 14.3 Å². The Bertz CT molecular complexity index is 928. The molecule has 1 saturated carbocycles. The molecule has 0 saturated heterocycles. The number of para-hydroxylation sites is 1. The van der Waals surface area contributed by atoms with Crippen molar-refractivity contribution in [2.45, 2.75) is 65.5 Å². The lowest BCUT2D eigenvalue weighted by Gasteiger charge is -2.33. The van der Waals surface area contributed by atoms with Gasteiger partial charge in [0.1, 0.15) is 12.4 Å². The number of amides is 1. The van der Waals surface area contributed by atoms with Crippen molar-refractivity contribution in [3.05, 3.63) is 47.7 Å². The third-order valence-corrected chi connectivity index (χ3v) is 6.02. The summed E-state index contributed by atoms with van der Waals surface area (Å²) in [5.41, 5.74) is 2.78. The lowest BCUT2D eigenvalue weighted by Crippen LogP contribution is -2.40. The van der Waals surface area contributed by atoms with E-state index in [0.29, 0.717) is 30.6 Å². The Balaban J connectivity index is 1.41. The number of nitrogens with one attached hydrogen (secondary N) is 1. The molecule has 4 rings (SSSR count). The number of rotatable bonds is 5. The topological polar surface area (TPSA) is 63.7 Å². The van der Waals surface area contributed by atoms with Gasteiger partial charge in [0.05, 0.1) is 30.5 Å². The third kappa shape index (κ3) is 5.41. The molecule has 6 heteroatoms. The number of hydrogen-bond donors (Lipinski definition) is 1. The zero-order valence-corrected chi connectivity index (χ0v) is 19.7. The minimum absolute atomic E-state index is 0.0698. The Kier molecular flexibility index (Phi) is 6.70. The average molecular weight is 438 g/mol. The van der Waals surface area contributed by atoms with Crippen LogP contribution >= 0.6 is 0 Å². The molecular formula is C26H35N3O3. The number of pyridine rings is 1. The molecule has 6 nitrogen and oxygen atoms in total. The zero-order chi connectivity index (χ0) is 22.7. The maximum Gasteiger partial charge on any atom is 0.255 e. The van der Waals surface area contributed by atoms with Crippen LogP contribution in [0.3, 0.4) is 0 Å². The summed E-state index contributed by atoms with van der Waals surface area (Å²) < 4.78 is 12.0. The van der Waals surface area contributed by atoms with E-state index in [-0.39, 0.29) is 17.4 Å². The van der Waals surface area contributed by atoms with Gasteiger partial charge in [-0.15, -0.1) is 0 Å². The van der Waals surface area contributed by atoms with Gasteiger partial charge in [0, 0.05) is 12.2 Å². The van der Waals surface area contributed by atoms with E-state index < -0.39 is 0 Å². The summed E-state index contributed by atoms with van der Waals surface area (Å²) >= 11 is 0. The summed E-state index contributed by atoms with van der Waals surface area (Å²) in [6.45, 7) is 10.6. The molecule has 2 aliphatic rings. The summed E-state index contributed by atoms with van der Waals surface area (Å²) in [6.07, 6.45) is 6.01. The molecule has 32 heavy (non-hydrogen) atoms. The van der Waals surface area contributed by atoms with Gasteiger partial charge >= 0.3 is 0 Å². The minimum atomic E-state index is -0.0698. The van der Waals surface area contributed by atoms with Crippen LogP contribution in [0.2, 0.25) is 0 Å². The molecule has 0 spiro atoms. The smallest absolute Gasteiger partial charge is 0.255 e. The van der Waals surface area contributed by atoms with Gasteiger partial charge in [0.2, 0.25) is 0 Å². The van der Waals surface area contributed by atoms with Crippen LogP contribution in [-0.4, -0.2) is 42.8 Å². The average Bonchev–Trinajstić information content (AvgIpc) is 2.78. The molecule has 1 aromatic carbocycles. The molecule has 0 atom stereocenters. The highest BCUT2D eigenvalue weighted by Crippen LogP contribution is 2.38. The van der Waals surface area contributed by atoms with Crippen molar-refractivity contribution in [1.82, 2.24) is 10.3 Å². The normalized spacial score (nSPS) is 20.9. The Morgan fingerprint density at radius 2 is 1.97 bits per heavy atom. The predicted octanol–water partition coefficient (Wildman–Crippen LogP) is 5.02. The van der Waals surface area contributed by atoms with Gasteiger partial charge in [0.25, 0.3) is 5.91 Å². The molecule has 1 aliphatic carbocycles. The molecule has 1 amide bonds. The fraction of sp³-hybridized carbons (Fsp3) is 0.538. The lowest BCUT2D eigenvalue weighted by molar-refractivity contribution is -0.0134. The molecule has 0 bridgehead atoms. The van der Waals surface area contributed by atoms with Crippen LogP contribution in [0.1, 0.15) is 62.4 Å². The fourth-order valence-corrected chi connectivity index (χ4v) is 4.29. The first-order valence-corrected chi connectivity index (χ1v) is 11.7. The predicted molar refractivity (Wildman–Crippen MR) is 127 cm³/mol. The zero-order valence-electron chi connectivity index (χ0n) is 19.7. The number of ether oxygens (including phenoxy) is 2. The number of fused-ring (bicyclic) bond motifs is 1. The fourth-order valence-electron chi connectivity index (χ4n) is 4.29. The van der Waals surface area contributed by atoms with Crippen LogP contribution in [0, 0.1) is 12.3 Å². The number of benzene rings is 1. The van der Waals surface area contributed by atoms with Crippen molar-refractivity contribution in [3.63, 3.8) is 0 Å². The largest absolute Gasteiger partial charge is 0.489 e. The molecule has 2 heterocycles. The number of carbonyl (C=O) groups excluding carboxylic acids is 1. The number of anilines is 2. The first-order valence-electron chi connectivity index (χ1n) is 11.7. The van der Waals surface area contributed by atoms with Crippen LogP contribution in [0.15, 0.2) is 36.5 Å². The molecule has 1 aromatic heterocycles. The number of nitrogens with zero attached hydrogens (tertiary/aromatic N) is 2. The molecular weight excluding hydrogens is 402 g/mol. The standard InChI is InChI=1S/C26H35N3O3/c1-18-8-13-23(27-16-18)29-14-15-31-24-21(6-5-7-22(24)29)25(30)28-19-9-11-20(12-10-19)32-17-26(2,3)4/h5-8,13,16,19-20H,9-12,14-15,17H2,1-4H3,(H,28,30). The SMILES string of the molecule is Cc1ccc(N2CCOc3c(C(=O)NC4CCC(OCC(C)(C)C)CC4)cccc32)nc1. The van der Waals surface area contributed by atoms with Gasteiger partial charge in [-0.1, -0.05) is 32.9 Å². The number of aromatic nitrogens is 1. The highest BCUT2D eigenvalue weighted by molar-refractivity contribution is 5.99. The number of hydrogen-bond acceptors (Lipinski definition) is 5. The molecule has 2 aromatic rings. The Labute approximate surface area is 191 Å². The van der Waals surface area contributed by atoms with Gasteiger partial charge in [-0.2, -0.15) is 0 Å². The summed E-state index contributed by atoms with van der Waals surface area (Å²) in [5, 5.41) is 3.23. The highest BCUT2D eigenvalue weighted by Gasteiger charge is 2.28. The van der Waals surface area contributed by atoms with E-state index in [4.69, 9.17) is 9.47 Å². The Hall–Kier alpha value is -2.60. The molecule has 1 fully saturated rings. The van der Waals surface area contributed by atoms with E-state index in [1.54, 1.807) is 0 Å². The maximum atomic E-state index is 13.2. The highest BCUT2D eigenvalue weighted by atomic mass is 16.5. The molecule has 0 unspecified atom stereocenters. The van der Waals surface area contributed by atoms with Crippen LogP contribution in [0.4, 0.5) is 11.5 Å². The van der Waals surface area contributed by atoms with E-state index in [9.17, 15) is 4.79 Å². The van der Waals surface area contributed by atoms with Gasteiger partial charge in [-0.25, -0.2) is 4.98 Å². The van der Waals surface area contributed by atoms with Crippen LogP contribution in [0.5, 0.6) is 5.75 Å². The van der Waals surface area contributed by atoms with E-state index >= 15 is 0 Å². The van der Waals surface area contributed by atoms with Gasteiger partial charge in [-0.05, 0) is 61.8 Å². The first kappa shape index (κ1) is 22.6. The van der Waals surface area contributed by atoms with Gasteiger partial charge in [0.15, 0.2) is 5.75 Å². The third-order valence-electron chi connectivity index (χ3n) is 6.02. The Morgan fingerprint density at radius 1 is 1.19 bits per heavy atom. The minimum Gasteiger partial charge on any atom is -0.489 e. The van der Waals surface area contributed by atoms with E-state index in [1.807, 2.05) is 37.4 Å². The first-order chi connectivity index (χ1) is 15.3. The second kappa shape index (κ2) is 9.49. The van der Waals surface area contributed by atoms with Crippen molar-refractivity contribution >= 4 is 17.4 Å². The van der Waals surface area contributed by atoms with Crippen molar-refractivity contribution in [2.75, 3.05) is 24.7 Å². The van der Waals surface area contributed by atoms with Crippen LogP contribution < -0.4 is 15.0 Å². The maximum absolute atomic E-state index is 13.2. The van der Waals surface area contributed by atoms with E-state index in [0.717, 1.165) is 49.4 Å².